The lowest BCUT2D eigenvalue weighted by Gasteiger charge is -2.38. The van der Waals surface area contributed by atoms with E-state index in [-0.39, 0.29) is 5.41 Å². The maximum atomic E-state index is 6.31. The third-order valence-electron chi connectivity index (χ3n) is 5.23. The van der Waals surface area contributed by atoms with Crippen LogP contribution in [0.4, 0.5) is 0 Å². The Hall–Kier alpha value is -2.35. The van der Waals surface area contributed by atoms with E-state index in [4.69, 9.17) is 4.42 Å². The van der Waals surface area contributed by atoms with Crippen LogP contribution in [0.25, 0.3) is 21.9 Å². The van der Waals surface area contributed by atoms with E-state index in [9.17, 15) is 0 Å². The molecule has 24 heavy (non-hydrogen) atoms. The lowest BCUT2D eigenvalue weighted by atomic mass is 9.66. The van der Waals surface area contributed by atoms with Crippen LogP contribution in [0.2, 0.25) is 0 Å². The minimum absolute atomic E-state index is 0.115. The van der Waals surface area contributed by atoms with E-state index >= 15 is 0 Å². The summed E-state index contributed by atoms with van der Waals surface area (Å²) in [5.74, 6) is 0.959. The van der Waals surface area contributed by atoms with Crippen LogP contribution in [0.15, 0.2) is 64.2 Å². The molecule has 0 radical (unpaired) electrons. The van der Waals surface area contributed by atoms with Gasteiger partial charge >= 0.3 is 0 Å². The van der Waals surface area contributed by atoms with Crippen molar-refractivity contribution < 1.29 is 4.42 Å². The average molecular weight is 317 g/mol. The van der Waals surface area contributed by atoms with Crippen LogP contribution in [0, 0.1) is 11.8 Å². The van der Waals surface area contributed by atoms with Gasteiger partial charge in [-0.3, -0.25) is 4.99 Å². The molecule has 0 N–H and O–H groups in total. The summed E-state index contributed by atoms with van der Waals surface area (Å²) in [6, 6.07) is 14.8. The maximum Gasteiger partial charge on any atom is 0.139 e. The summed E-state index contributed by atoms with van der Waals surface area (Å²) >= 11 is 0. The number of para-hydroxylation sites is 2. The van der Waals surface area contributed by atoms with Crippen molar-refractivity contribution in [3.05, 3.63) is 60.3 Å². The quantitative estimate of drug-likeness (QED) is 0.572. The van der Waals surface area contributed by atoms with Crippen molar-refractivity contribution in [3.8, 4) is 0 Å². The number of benzene rings is 2. The minimum Gasteiger partial charge on any atom is -0.456 e. The zero-order valence-corrected chi connectivity index (χ0v) is 14.5. The van der Waals surface area contributed by atoms with Gasteiger partial charge in [-0.25, -0.2) is 0 Å². The van der Waals surface area contributed by atoms with E-state index in [2.05, 4.69) is 68.4 Å². The van der Waals surface area contributed by atoms with Gasteiger partial charge in [-0.05, 0) is 24.3 Å². The van der Waals surface area contributed by atoms with Crippen molar-refractivity contribution in [2.75, 3.05) is 0 Å². The van der Waals surface area contributed by atoms with Gasteiger partial charge in [-0.2, -0.15) is 0 Å². The van der Waals surface area contributed by atoms with Crippen LogP contribution in [-0.4, -0.2) is 6.21 Å². The van der Waals surface area contributed by atoms with Crippen molar-refractivity contribution in [2.45, 2.75) is 32.6 Å². The first-order valence-electron chi connectivity index (χ1n) is 8.73. The van der Waals surface area contributed by atoms with Crippen molar-refractivity contribution >= 4 is 28.2 Å². The highest BCUT2D eigenvalue weighted by atomic mass is 16.3. The van der Waals surface area contributed by atoms with Gasteiger partial charge in [0.1, 0.15) is 11.2 Å². The summed E-state index contributed by atoms with van der Waals surface area (Å²) in [5.41, 5.74) is 3.10. The molecule has 2 heteroatoms. The summed E-state index contributed by atoms with van der Waals surface area (Å²) in [4.78, 5) is 4.52. The highest BCUT2D eigenvalue weighted by Crippen LogP contribution is 2.44. The predicted molar refractivity (Wildman–Crippen MR) is 102 cm³/mol. The van der Waals surface area contributed by atoms with Gasteiger partial charge in [0.05, 0.1) is 0 Å². The van der Waals surface area contributed by atoms with Gasteiger partial charge in [0.2, 0.25) is 0 Å². The van der Waals surface area contributed by atoms with E-state index in [1.807, 2.05) is 18.3 Å². The number of hydrogen-bond acceptors (Lipinski definition) is 2. The van der Waals surface area contributed by atoms with E-state index in [1.165, 1.54) is 16.3 Å². The lowest BCUT2D eigenvalue weighted by molar-refractivity contribution is 0.367. The first-order valence-corrected chi connectivity index (χ1v) is 8.73. The monoisotopic (exact) mass is 317 g/mol. The molecule has 2 nitrogen and oxygen atoms in total. The Balaban J connectivity index is 2.02. The Kier molecular flexibility index (Phi) is 3.56. The largest absolute Gasteiger partial charge is 0.456 e. The minimum atomic E-state index is -0.115. The molecule has 0 amide bonds. The molecule has 2 atom stereocenters. The molecular weight excluding hydrogens is 294 g/mol. The van der Waals surface area contributed by atoms with Crippen LogP contribution >= 0.6 is 0 Å². The first-order chi connectivity index (χ1) is 11.6. The zero-order valence-electron chi connectivity index (χ0n) is 14.5. The highest BCUT2D eigenvalue weighted by Gasteiger charge is 2.39. The number of rotatable bonds is 3. The maximum absolute atomic E-state index is 6.31. The standard InChI is InChI=1S/C22H23NO/c1-15(2)13-22(14-23-12-11-16(22)3)19-9-6-8-18-17-7-4-5-10-20(17)24-21(18)19/h4-12,14-16H,13H2,1-3H3. The van der Waals surface area contributed by atoms with Gasteiger partial charge in [-0.15, -0.1) is 0 Å². The van der Waals surface area contributed by atoms with Crippen LogP contribution in [0.3, 0.4) is 0 Å². The Bertz CT molecular complexity index is 947. The van der Waals surface area contributed by atoms with Crippen molar-refractivity contribution in [2.24, 2.45) is 16.8 Å². The Morgan fingerprint density at radius 2 is 1.88 bits per heavy atom. The topological polar surface area (TPSA) is 25.5 Å². The van der Waals surface area contributed by atoms with Crippen LogP contribution < -0.4 is 0 Å². The molecule has 0 saturated heterocycles. The molecule has 0 spiro atoms. The van der Waals surface area contributed by atoms with Gasteiger partial charge in [0.25, 0.3) is 0 Å². The van der Waals surface area contributed by atoms with Crippen LogP contribution in [0.1, 0.15) is 32.8 Å². The molecule has 1 aliphatic rings. The fourth-order valence-corrected chi connectivity index (χ4v) is 4.10. The van der Waals surface area contributed by atoms with Crippen molar-refractivity contribution in [1.82, 2.24) is 0 Å². The number of furan rings is 1. The smallest absolute Gasteiger partial charge is 0.139 e. The Morgan fingerprint density at radius 3 is 2.67 bits per heavy atom. The molecule has 2 unspecified atom stereocenters. The third kappa shape index (κ3) is 2.21. The molecule has 1 aromatic heterocycles. The molecule has 0 aliphatic carbocycles. The molecule has 2 aromatic carbocycles. The van der Waals surface area contributed by atoms with E-state index in [1.54, 1.807) is 0 Å². The molecule has 2 heterocycles. The van der Waals surface area contributed by atoms with Gasteiger partial charge < -0.3 is 4.42 Å². The molecule has 1 aliphatic heterocycles. The van der Waals surface area contributed by atoms with E-state index in [0.29, 0.717) is 11.8 Å². The number of allylic oxidation sites excluding steroid dienone is 1. The summed E-state index contributed by atoms with van der Waals surface area (Å²) in [6.07, 6.45) is 7.32. The second-order valence-electron chi connectivity index (χ2n) is 7.33. The normalized spacial score (nSPS) is 23.6. The van der Waals surface area contributed by atoms with Gasteiger partial charge in [-0.1, -0.05) is 63.2 Å². The van der Waals surface area contributed by atoms with Gasteiger partial charge in [0, 0.05) is 34.2 Å². The van der Waals surface area contributed by atoms with Crippen LogP contribution in [0.5, 0.6) is 0 Å². The third-order valence-corrected chi connectivity index (χ3v) is 5.23. The number of fused-ring (bicyclic) bond motifs is 3. The molecule has 0 saturated carbocycles. The number of aliphatic imine (C=N–C) groups is 1. The summed E-state index contributed by atoms with van der Waals surface area (Å²) in [6.45, 7) is 6.84. The SMILES string of the molecule is CC(C)CC1(c2cccc3c2oc2ccccc23)C=NC=CC1C. The molecule has 0 fully saturated rings. The second kappa shape index (κ2) is 5.62. The van der Waals surface area contributed by atoms with Gasteiger partial charge in [0.15, 0.2) is 0 Å². The summed E-state index contributed by atoms with van der Waals surface area (Å²) in [7, 11) is 0. The average Bonchev–Trinajstić information content (AvgIpc) is 2.95. The number of nitrogens with zero attached hydrogens (tertiary/aromatic N) is 1. The first kappa shape index (κ1) is 15.2. The molecule has 4 rings (SSSR count). The number of hydrogen-bond donors (Lipinski definition) is 0. The van der Waals surface area contributed by atoms with Crippen molar-refractivity contribution in [3.63, 3.8) is 0 Å². The Morgan fingerprint density at radius 1 is 1.08 bits per heavy atom. The Labute approximate surface area is 142 Å². The highest BCUT2D eigenvalue weighted by molar-refractivity contribution is 6.06. The lowest BCUT2D eigenvalue weighted by Crippen LogP contribution is -2.37. The second-order valence-corrected chi connectivity index (χ2v) is 7.33. The van der Waals surface area contributed by atoms with Crippen LogP contribution in [-0.2, 0) is 5.41 Å². The fourth-order valence-electron chi connectivity index (χ4n) is 4.10. The predicted octanol–water partition coefficient (Wildman–Crippen LogP) is 6.10. The van der Waals surface area contributed by atoms with E-state index < -0.39 is 0 Å². The summed E-state index contributed by atoms with van der Waals surface area (Å²) < 4.78 is 6.31. The molecule has 3 aromatic rings. The molecular formula is C22H23NO. The fraction of sp³-hybridized carbons (Fsp3) is 0.318. The zero-order chi connectivity index (χ0) is 16.7. The molecule has 122 valence electrons. The van der Waals surface area contributed by atoms with E-state index in [0.717, 1.165) is 17.6 Å². The summed E-state index contributed by atoms with van der Waals surface area (Å²) in [5, 5.41) is 2.38. The molecule has 0 bridgehead atoms. The van der Waals surface area contributed by atoms with Crippen molar-refractivity contribution in [1.29, 1.82) is 0 Å².